The van der Waals surface area contributed by atoms with E-state index in [9.17, 15) is 15.2 Å². The molecule has 1 atom stereocenters. The number of nitrogens with zero attached hydrogens (tertiary/aromatic N) is 3. The van der Waals surface area contributed by atoms with Gasteiger partial charge in [-0.1, -0.05) is 12.1 Å². The number of carboxylic acids is 1. The van der Waals surface area contributed by atoms with Gasteiger partial charge in [-0.2, -0.15) is 5.26 Å². The van der Waals surface area contributed by atoms with Crippen LogP contribution in [0.1, 0.15) is 35.4 Å². The molecule has 3 N–H and O–H groups in total. The number of pyridine rings is 1. The van der Waals surface area contributed by atoms with E-state index in [1.165, 1.54) is 0 Å². The highest BCUT2D eigenvalue weighted by Gasteiger charge is 2.27. The van der Waals surface area contributed by atoms with Gasteiger partial charge >= 0.3 is 5.97 Å². The fraction of sp³-hybridized carbons (Fsp3) is 0.250. The molecule has 0 fully saturated rings. The summed E-state index contributed by atoms with van der Waals surface area (Å²) < 4.78 is 21.4. The first-order valence-corrected chi connectivity index (χ1v) is 11.9. The predicted octanol–water partition coefficient (Wildman–Crippen LogP) is 5.13. The third-order valence-electron chi connectivity index (χ3n) is 6.12. The van der Waals surface area contributed by atoms with Crippen molar-refractivity contribution in [3.63, 3.8) is 0 Å². The summed E-state index contributed by atoms with van der Waals surface area (Å²) in [7, 11) is 3.45. The Hall–Kier alpha value is -4.58. The Bertz CT molecular complexity index is 1430. The molecule has 8 nitrogen and oxygen atoms in total. The molecule has 4 rings (SSSR count). The lowest BCUT2D eigenvalue weighted by Crippen LogP contribution is -2.15. The molecule has 0 aliphatic heterocycles. The molecule has 0 bridgehead atoms. The monoisotopic (exact) mass is 501 g/mol. The van der Waals surface area contributed by atoms with Crippen LogP contribution in [0.4, 0.5) is 15.9 Å². The second-order valence-corrected chi connectivity index (χ2v) is 8.81. The number of ether oxygens (including phenoxy) is 1. The van der Waals surface area contributed by atoms with Crippen LogP contribution in [-0.4, -0.2) is 48.3 Å². The summed E-state index contributed by atoms with van der Waals surface area (Å²) in [5.74, 6) is -1.06. The fourth-order valence-electron chi connectivity index (χ4n) is 4.34. The first kappa shape index (κ1) is 25.5. The van der Waals surface area contributed by atoms with E-state index < -0.39 is 17.7 Å². The number of halogens is 1. The van der Waals surface area contributed by atoms with Gasteiger partial charge in [0.25, 0.3) is 0 Å². The Labute approximate surface area is 214 Å². The van der Waals surface area contributed by atoms with Crippen LogP contribution in [0.2, 0.25) is 0 Å². The van der Waals surface area contributed by atoms with Crippen LogP contribution in [-0.2, 0) is 4.79 Å². The summed E-state index contributed by atoms with van der Waals surface area (Å²) in [6.07, 6.45) is 3.88. The van der Waals surface area contributed by atoms with Crippen molar-refractivity contribution in [2.24, 2.45) is 0 Å². The number of hydrogen-bond acceptors (Lipinski definition) is 6. The maximum Gasteiger partial charge on any atom is 0.304 e. The number of aromatic amines is 1. The number of benzene rings is 2. The summed E-state index contributed by atoms with van der Waals surface area (Å²) >= 11 is 0. The van der Waals surface area contributed by atoms with Gasteiger partial charge in [-0.05, 0) is 47.9 Å². The molecule has 0 aliphatic rings. The predicted molar refractivity (Wildman–Crippen MR) is 141 cm³/mol. The minimum absolute atomic E-state index is 0.106. The van der Waals surface area contributed by atoms with Gasteiger partial charge in [-0.15, -0.1) is 0 Å². The highest BCUT2D eigenvalue weighted by molar-refractivity contribution is 5.86. The summed E-state index contributed by atoms with van der Waals surface area (Å²) in [6.45, 7) is 1.21. The minimum Gasteiger partial charge on any atom is -0.493 e. The van der Waals surface area contributed by atoms with Gasteiger partial charge in [0.15, 0.2) is 0 Å². The van der Waals surface area contributed by atoms with E-state index in [2.05, 4.69) is 15.3 Å². The zero-order chi connectivity index (χ0) is 26.4. The summed E-state index contributed by atoms with van der Waals surface area (Å²) in [4.78, 5) is 20.8. The van der Waals surface area contributed by atoms with E-state index >= 15 is 4.39 Å². The van der Waals surface area contributed by atoms with Crippen LogP contribution in [0.5, 0.6) is 5.75 Å². The Morgan fingerprint density at radius 2 is 2.08 bits per heavy atom. The molecule has 2 heterocycles. The number of aromatic nitrogens is 2. The van der Waals surface area contributed by atoms with Crippen molar-refractivity contribution in [3.05, 3.63) is 83.4 Å². The van der Waals surface area contributed by atoms with E-state index in [1.807, 2.05) is 42.5 Å². The molecule has 2 aromatic heterocycles. The van der Waals surface area contributed by atoms with E-state index in [1.54, 1.807) is 43.5 Å². The molecule has 0 radical (unpaired) electrons. The number of rotatable bonds is 11. The Kier molecular flexibility index (Phi) is 7.89. The minimum atomic E-state index is -1.06. The number of hydrogen-bond donors (Lipinski definition) is 3. The largest absolute Gasteiger partial charge is 0.493 e. The number of aliphatic carboxylic acids is 1. The maximum atomic E-state index is 15.5. The Morgan fingerprint density at radius 1 is 1.24 bits per heavy atom. The molecule has 0 saturated heterocycles. The third kappa shape index (κ3) is 5.81. The van der Waals surface area contributed by atoms with Crippen LogP contribution in [0, 0.1) is 17.1 Å². The molecule has 0 amide bonds. The highest BCUT2D eigenvalue weighted by atomic mass is 19.1. The van der Waals surface area contributed by atoms with E-state index in [0.29, 0.717) is 30.2 Å². The van der Waals surface area contributed by atoms with Crippen LogP contribution in [0.3, 0.4) is 0 Å². The number of fused-ring (bicyclic) bond motifs is 1. The average Bonchev–Trinajstić information content (AvgIpc) is 3.30. The van der Waals surface area contributed by atoms with Gasteiger partial charge in [-0.25, -0.2) is 9.37 Å². The van der Waals surface area contributed by atoms with E-state index in [-0.39, 0.29) is 17.5 Å². The molecule has 1 unspecified atom stereocenters. The van der Waals surface area contributed by atoms with Gasteiger partial charge in [0.1, 0.15) is 29.0 Å². The number of nitrogens with one attached hydrogen (secondary N) is 2. The second kappa shape index (κ2) is 11.4. The van der Waals surface area contributed by atoms with Crippen molar-refractivity contribution < 1.29 is 19.0 Å². The molecule has 0 aliphatic carbocycles. The number of H-pyrrole nitrogens is 1. The number of carbonyl (C=O) groups is 1. The van der Waals surface area contributed by atoms with Gasteiger partial charge in [-0.3, -0.25) is 4.79 Å². The fourth-order valence-corrected chi connectivity index (χ4v) is 4.34. The summed E-state index contributed by atoms with van der Waals surface area (Å²) in [5.41, 5.74) is 1.90. The third-order valence-corrected chi connectivity index (χ3v) is 6.12. The topological polar surface area (TPSA) is 114 Å². The van der Waals surface area contributed by atoms with Crippen LogP contribution in [0.25, 0.3) is 10.9 Å². The lowest BCUT2D eigenvalue weighted by atomic mass is 9.86. The average molecular weight is 502 g/mol. The van der Waals surface area contributed by atoms with Crippen LogP contribution in [0.15, 0.2) is 60.9 Å². The molecule has 37 heavy (non-hydrogen) atoms. The molecule has 190 valence electrons. The van der Waals surface area contributed by atoms with Crippen molar-refractivity contribution in [3.8, 4) is 11.8 Å². The summed E-state index contributed by atoms with van der Waals surface area (Å²) in [6, 6.07) is 16.3. The lowest BCUT2D eigenvalue weighted by Gasteiger charge is -2.20. The molecule has 0 spiro atoms. The van der Waals surface area contributed by atoms with Crippen molar-refractivity contribution in [1.29, 1.82) is 5.26 Å². The van der Waals surface area contributed by atoms with Crippen LogP contribution >= 0.6 is 0 Å². The van der Waals surface area contributed by atoms with E-state index in [4.69, 9.17) is 4.74 Å². The quantitative estimate of drug-likeness (QED) is 0.244. The SMILES string of the molecule is CN(C)c1ccc(C(CC(=O)O)c2c[nH]c3cc(OCCCNc4ccccn4)ccc23)c(F)c1C#N. The van der Waals surface area contributed by atoms with Gasteiger partial charge in [0, 0.05) is 55.9 Å². The summed E-state index contributed by atoms with van der Waals surface area (Å²) in [5, 5.41) is 23.2. The number of anilines is 2. The van der Waals surface area contributed by atoms with Crippen molar-refractivity contribution in [1.82, 2.24) is 9.97 Å². The molecule has 9 heteroatoms. The van der Waals surface area contributed by atoms with Crippen molar-refractivity contribution in [2.45, 2.75) is 18.8 Å². The van der Waals surface area contributed by atoms with Crippen molar-refractivity contribution in [2.75, 3.05) is 37.5 Å². The van der Waals surface area contributed by atoms with Crippen molar-refractivity contribution >= 4 is 28.4 Å². The Morgan fingerprint density at radius 3 is 2.78 bits per heavy atom. The van der Waals surface area contributed by atoms with Gasteiger partial charge < -0.3 is 25.0 Å². The highest BCUT2D eigenvalue weighted by Crippen LogP contribution is 2.38. The first-order valence-electron chi connectivity index (χ1n) is 11.9. The molecular weight excluding hydrogens is 473 g/mol. The second-order valence-electron chi connectivity index (χ2n) is 8.81. The molecule has 0 saturated carbocycles. The van der Waals surface area contributed by atoms with Gasteiger partial charge in [0.05, 0.1) is 18.7 Å². The van der Waals surface area contributed by atoms with Gasteiger partial charge in [0.2, 0.25) is 0 Å². The number of carboxylic acid groups (broad SMARTS) is 1. The normalized spacial score (nSPS) is 11.6. The number of nitriles is 1. The lowest BCUT2D eigenvalue weighted by molar-refractivity contribution is -0.137. The first-order chi connectivity index (χ1) is 17.9. The zero-order valence-corrected chi connectivity index (χ0v) is 20.7. The van der Waals surface area contributed by atoms with E-state index in [0.717, 1.165) is 23.1 Å². The molecule has 4 aromatic rings. The molecular formula is C28H28FN5O3. The zero-order valence-electron chi connectivity index (χ0n) is 20.7. The smallest absolute Gasteiger partial charge is 0.304 e. The maximum absolute atomic E-state index is 15.5. The molecule has 2 aromatic carbocycles. The standard InChI is InChI=1S/C28H28FN5O3/c1-34(2)25-10-9-20(28(29)22(25)16-30)21(15-27(35)36)23-17-33-24-14-18(7-8-19(23)24)37-13-5-12-32-26-6-3-4-11-31-26/h3-4,6-11,14,17,21,33H,5,12-13,15H2,1-2H3,(H,31,32)(H,35,36). The van der Waals surface area contributed by atoms with Crippen LogP contribution < -0.4 is 15.0 Å². The Balaban J connectivity index is 1.53.